The number of carbonyl (C=O) groups is 2. The van der Waals surface area contributed by atoms with Crippen LogP contribution < -0.4 is 5.32 Å². The number of carbonyl (C=O) groups excluding carboxylic acids is 1. The highest BCUT2D eigenvalue weighted by atomic mass is 16.4. The van der Waals surface area contributed by atoms with Gasteiger partial charge in [0.1, 0.15) is 12.1 Å². The highest BCUT2D eigenvalue weighted by Gasteiger charge is 2.31. The Labute approximate surface area is 108 Å². The Hall–Kier alpha value is -1.10. The van der Waals surface area contributed by atoms with Gasteiger partial charge in [0.15, 0.2) is 0 Å². The van der Waals surface area contributed by atoms with Crippen molar-refractivity contribution in [1.29, 1.82) is 0 Å². The summed E-state index contributed by atoms with van der Waals surface area (Å²) in [5, 5.41) is 21.4. The quantitative estimate of drug-likeness (QED) is 0.689. The van der Waals surface area contributed by atoms with E-state index in [0.717, 1.165) is 32.1 Å². The molecular weight excluding hydrogens is 234 g/mol. The summed E-state index contributed by atoms with van der Waals surface area (Å²) in [6, 6.07) is -0.934. The van der Waals surface area contributed by atoms with E-state index < -0.39 is 24.0 Å². The minimum Gasteiger partial charge on any atom is -0.480 e. The topological polar surface area (TPSA) is 86.6 Å². The molecule has 0 aromatic rings. The number of aliphatic hydroxyl groups excluding tert-OH is 1. The number of carboxylic acid groups (broad SMARTS) is 1. The first-order chi connectivity index (χ1) is 8.43. The molecular formula is C13H23NO4. The molecule has 0 aromatic heterocycles. The third-order valence-electron chi connectivity index (χ3n) is 3.60. The van der Waals surface area contributed by atoms with Crippen LogP contribution in [0.25, 0.3) is 0 Å². The van der Waals surface area contributed by atoms with E-state index in [1.807, 2.05) is 0 Å². The Morgan fingerprint density at radius 2 is 1.72 bits per heavy atom. The second-order valence-corrected chi connectivity index (χ2v) is 5.41. The van der Waals surface area contributed by atoms with Gasteiger partial charge in [-0.15, -0.1) is 0 Å². The zero-order chi connectivity index (χ0) is 13.7. The van der Waals surface area contributed by atoms with Crippen molar-refractivity contribution in [3.63, 3.8) is 0 Å². The average Bonchev–Trinajstić information content (AvgIpc) is 2.35. The van der Waals surface area contributed by atoms with Crippen molar-refractivity contribution >= 4 is 11.9 Å². The zero-order valence-corrected chi connectivity index (χ0v) is 11.1. The summed E-state index contributed by atoms with van der Waals surface area (Å²) in [4.78, 5) is 22.8. The molecule has 0 aromatic carbocycles. The largest absolute Gasteiger partial charge is 0.480 e. The monoisotopic (exact) mass is 257 g/mol. The summed E-state index contributed by atoms with van der Waals surface area (Å²) in [7, 11) is 0. The van der Waals surface area contributed by atoms with Crippen LogP contribution in [-0.2, 0) is 9.59 Å². The fraction of sp³-hybridized carbons (Fsp3) is 0.846. The third kappa shape index (κ3) is 3.98. The van der Waals surface area contributed by atoms with Gasteiger partial charge >= 0.3 is 5.97 Å². The van der Waals surface area contributed by atoms with Crippen LogP contribution in [0.4, 0.5) is 0 Å². The van der Waals surface area contributed by atoms with Crippen LogP contribution in [-0.4, -0.2) is 34.2 Å². The van der Waals surface area contributed by atoms with Gasteiger partial charge in [-0.25, -0.2) is 4.79 Å². The van der Waals surface area contributed by atoms with Crippen LogP contribution in [0.3, 0.4) is 0 Å². The highest BCUT2D eigenvalue weighted by Crippen LogP contribution is 2.26. The molecule has 1 fully saturated rings. The van der Waals surface area contributed by atoms with E-state index in [1.54, 1.807) is 13.8 Å². The van der Waals surface area contributed by atoms with Crippen molar-refractivity contribution in [2.45, 2.75) is 58.1 Å². The van der Waals surface area contributed by atoms with Gasteiger partial charge in [0, 0.05) is 0 Å². The predicted octanol–water partition coefficient (Wildman–Crippen LogP) is 1.15. The van der Waals surface area contributed by atoms with Crippen molar-refractivity contribution in [3.8, 4) is 0 Å². The van der Waals surface area contributed by atoms with Gasteiger partial charge in [-0.3, -0.25) is 4.79 Å². The molecule has 0 spiro atoms. The van der Waals surface area contributed by atoms with Crippen LogP contribution in [0.15, 0.2) is 0 Å². The van der Waals surface area contributed by atoms with Gasteiger partial charge < -0.3 is 15.5 Å². The maximum atomic E-state index is 11.8. The van der Waals surface area contributed by atoms with E-state index in [2.05, 4.69) is 5.32 Å². The fourth-order valence-corrected chi connectivity index (χ4v) is 2.42. The molecule has 1 amide bonds. The zero-order valence-electron chi connectivity index (χ0n) is 11.1. The molecule has 5 nitrogen and oxygen atoms in total. The summed E-state index contributed by atoms with van der Waals surface area (Å²) in [6.45, 7) is 3.46. The van der Waals surface area contributed by atoms with E-state index >= 15 is 0 Å². The molecule has 0 bridgehead atoms. The van der Waals surface area contributed by atoms with Crippen LogP contribution in [0.2, 0.25) is 0 Å². The van der Waals surface area contributed by atoms with Crippen LogP contribution >= 0.6 is 0 Å². The fourth-order valence-electron chi connectivity index (χ4n) is 2.42. The molecule has 1 aliphatic carbocycles. The first kappa shape index (κ1) is 15.0. The molecule has 1 saturated carbocycles. The molecule has 104 valence electrons. The molecule has 2 atom stereocenters. The second-order valence-electron chi connectivity index (χ2n) is 5.41. The Morgan fingerprint density at radius 3 is 2.17 bits per heavy atom. The lowest BCUT2D eigenvalue weighted by molar-refractivity contribution is -0.145. The summed E-state index contributed by atoms with van der Waals surface area (Å²) < 4.78 is 0. The van der Waals surface area contributed by atoms with Gasteiger partial charge in [-0.1, -0.05) is 33.1 Å². The van der Waals surface area contributed by atoms with Crippen molar-refractivity contribution < 1.29 is 19.8 Å². The smallest absolute Gasteiger partial charge is 0.326 e. The van der Waals surface area contributed by atoms with Crippen molar-refractivity contribution in [2.24, 2.45) is 11.8 Å². The number of amides is 1. The number of hydrogen-bond donors (Lipinski definition) is 3. The number of carboxylic acids is 1. The standard InChI is InChI=1S/C13H23NO4/c1-8(2)10(13(17)18)14-12(16)11(15)9-6-4-3-5-7-9/h8-11,15H,3-7H2,1-2H3,(H,14,16)(H,17,18)/t10-,11?/m0/s1. The minimum atomic E-state index is -1.08. The Balaban J connectivity index is 2.54. The predicted molar refractivity (Wildman–Crippen MR) is 67.0 cm³/mol. The number of aliphatic hydroxyl groups is 1. The summed E-state index contributed by atoms with van der Waals surface area (Å²) in [6.07, 6.45) is 3.81. The highest BCUT2D eigenvalue weighted by molar-refractivity contribution is 5.86. The van der Waals surface area contributed by atoms with Gasteiger partial charge in [0.2, 0.25) is 5.91 Å². The molecule has 5 heteroatoms. The maximum absolute atomic E-state index is 11.8. The summed E-state index contributed by atoms with van der Waals surface area (Å²) in [5.41, 5.74) is 0. The first-order valence-corrected chi connectivity index (χ1v) is 6.64. The molecule has 1 rings (SSSR count). The molecule has 1 aliphatic rings. The van der Waals surface area contributed by atoms with Crippen molar-refractivity contribution in [3.05, 3.63) is 0 Å². The number of nitrogens with one attached hydrogen (secondary N) is 1. The van der Waals surface area contributed by atoms with E-state index in [0.29, 0.717) is 0 Å². The molecule has 0 aliphatic heterocycles. The lowest BCUT2D eigenvalue weighted by Gasteiger charge is -2.27. The van der Waals surface area contributed by atoms with Gasteiger partial charge in [0.25, 0.3) is 0 Å². The average molecular weight is 257 g/mol. The van der Waals surface area contributed by atoms with E-state index in [1.165, 1.54) is 0 Å². The third-order valence-corrected chi connectivity index (χ3v) is 3.60. The normalized spacial score (nSPS) is 20.4. The van der Waals surface area contributed by atoms with Crippen molar-refractivity contribution in [2.75, 3.05) is 0 Å². The summed E-state index contributed by atoms with van der Waals surface area (Å²) >= 11 is 0. The Bertz CT molecular complexity index is 297. The summed E-state index contributed by atoms with van der Waals surface area (Å²) in [5.74, 6) is -1.84. The number of rotatable bonds is 5. The van der Waals surface area contributed by atoms with E-state index in [4.69, 9.17) is 5.11 Å². The number of hydrogen-bond acceptors (Lipinski definition) is 3. The molecule has 18 heavy (non-hydrogen) atoms. The van der Waals surface area contributed by atoms with E-state index in [9.17, 15) is 14.7 Å². The molecule has 0 saturated heterocycles. The van der Waals surface area contributed by atoms with Crippen LogP contribution in [0.1, 0.15) is 46.0 Å². The van der Waals surface area contributed by atoms with E-state index in [-0.39, 0.29) is 11.8 Å². The SMILES string of the molecule is CC(C)[C@H](NC(=O)C(O)C1CCCCC1)C(=O)O. The Morgan fingerprint density at radius 1 is 1.17 bits per heavy atom. The van der Waals surface area contributed by atoms with Crippen LogP contribution in [0.5, 0.6) is 0 Å². The second kappa shape index (κ2) is 6.73. The molecule has 1 unspecified atom stereocenters. The van der Waals surface area contributed by atoms with Crippen molar-refractivity contribution in [1.82, 2.24) is 5.32 Å². The molecule has 0 heterocycles. The molecule has 0 radical (unpaired) electrons. The van der Waals surface area contributed by atoms with Gasteiger partial charge in [-0.2, -0.15) is 0 Å². The van der Waals surface area contributed by atoms with Gasteiger partial charge in [0.05, 0.1) is 0 Å². The lowest BCUT2D eigenvalue weighted by Crippen LogP contribution is -2.50. The maximum Gasteiger partial charge on any atom is 0.326 e. The minimum absolute atomic E-state index is 0.0274. The van der Waals surface area contributed by atoms with Crippen LogP contribution in [0, 0.1) is 11.8 Å². The van der Waals surface area contributed by atoms with Gasteiger partial charge in [-0.05, 0) is 24.7 Å². The first-order valence-electron chi connectivity index (χ1n) is 6.64. The lowest BCUT2D eigenvalue weighted by atomic mass is 9.85. The Kier molecular flexibility index (Phi) is 5.59. The number of aliphatic carboxylic acids is 1. The molecule has 3 N–H and O–H groups in total.